The van der Waals surface area contributed by atoms with E-state index < -0.39 is 13.0 Å². The van der Waals surface area contributed by atoms with Gasteiger partial charge in [-0.1, -0.05) is 56.2 Å². The minimum atomic E-state index is -0.948. The smallest absolute Gasteiger partial charge is 0.455 e. The number of likely N-dealkylation sites (tertiary alicyclic amines) is 1. The Kier molecular flexibility index (Phi) is 7.34. The lowest BCUT2D eigenvalue weighted by Crippen LogP contribution is -2.46. The zero-order chi connectivity index (χ0) is 24.6. The summed E-state index contributed by atoms with van der Waals surface area (Å²) in [6, 6.07) is 7.24. The predicted octanol–water partition coefficient (Wildman–Crippen LogP) is 4.44. The second-order valence-corrected chi connectivity index (χ2v) is 10.3. The van der Waals surface area contributed by atoms with Gasteiger partial charge in [0.2, 0.25) is 11.8 Å². The van der Waals surface area contributed by atoms with Gasteiger partial charge in [-0.05, 0) is 62.4 Å². The highest BCUT2D eigenvalue weighted by atomic mass is 16.5. The number of aromatic hydroxyl groups is 1. The molecule has 2 N–H and O–H groups in total. The van der Waals surface area contributed by atoms with Crippen LogP contribution in [-0.4, -0.2) is 46.6 Å². The van der Waals surface area contributed by atoms with Gasteiger partial charge in [-0.25, -0.2) is 0 Å². The van der Waals surface area contributed by atoms with Gasteiger partial charge in [0.05, 0.1) is 17.9 Å². The molecule has 3 aliphatic rings. The summed E-state index contributed by atoms with van der Waals surface area (Å²) in [5.74, 6) is -0.519. The van der Waals surface area contributed by atoms with Crippen LogP contribution < -0.4 is 0 Å². The van der Waals surface area contributed by atoms with Gasteiger partial charge in [-0.15, -0.1) is 0 Å². The van der Waals surface area contributed by atoms with Crippen LogP contribution in [0.2, 0.25) is 6.32 Å². The average molecular weight is 465 g/mol. The highest BCUT2D eigenvalue weighted by molar-refractivity contribution is 6.43. The van der Waals surface area contributed by atoms with Crippen LogP contribution in [0.15, 0.2) is 41.0 Å². The first-order valence-electron chi connectivity index (χ1n) is 12.6. The van der Waals surface area contributed by atoms with Crippen molar-refractivity contribution in [1.29, 1.82) is 0 Å². The van der Waals surface area contributed by atoms with Gasteiger partial charge >= 0.3 is 7.12 Å². The molecule has 4 atom stereocenters. The molecule has 2 fully saturated rings. The van der Waals surface area contributed by atoms with Gasteiger partial charge in [0, 0.05) is 12.1 Å². The number of rotatable bonds is 7. The fraction of sp³-hybridized carbons (Fsp3) is 0.556. The first-order chi connectivity index (χ1) is 16.2. The normalized spacial score (nSPS) is 27.5. The molecular formula is C27H36BNO5. The van der Waals surface area contributed by atoms with Crippen molar-refractivity contribution in [3.8, 4) is 5.75 Å². The Hall–Kier alpha value is -2.38. The van der Waals surface area contributed by atoms with E-state index in [0.29, 0.717) is 25.7 Å². The molecule has 0 bridgehead atoms. The summed E-state index contributed by atoms with van der Waals surface area (Å²) in [4.78, 5) is 27.9. The summed E-state index contributed by atoms with van der Waals surface area (Å²) in [6.07, 6.45) is 4.79. The quantitative estimate of drug-likeness (QED) is 0.353. The van der Waals surface area contributed by atoms with Crippen molar-refractivity contribution in [3.05, 3.63) is 46.5 Å². The standard InChI is InChI=1S/C27H36BNO5/c1-5-12-29-26(31)20-14-19(16(2)3)24-21(25(20)27(29)32)15-28(33)34-23(24)11-10-17(4)13-18-8-6-7-9-22(18)30/h6-9,13,16,20-21,23,25,30,33H,5,10-12,14-15H2,1-4H3/b17-13+/t20-,21+,23-,25-/m1/s1. The molecule has 1 aliphatic carbocycles. The van der Waals surface area contributed by atoms with Crippen LogP contribution in [0.25, 0.3) is 6.08 Å². The number of allylic oxidation sites excluding steroid dienone is 2. The molecule has 34 heavy (non-hydrogen) atoms. The number of carbonyl (C=O) groups excluding carboxylic acids is 2. The van der Waals surface area contributed by atoms with Crippen LogP contribution in [0, 0.1) is 23.7 Å². The number of amides is 2. The molecule has 182 valence electrons. The van der Waals surface area contributed by atoms with Crippen molar-refractivity contribution < 1.29 is 24.4 Å². The minimum Gasteiger partial charge on any atom is -0.507 e. The van der Waals surface area contributed by atoms with Crippen LogP contribution in [-0.2, 0) is 14.2 Å². The largest absolute Gasteiger partial charge is 0.507 e. The zero-order valence-corrected chi connectivity index (χ0v) is 20.7. The summed E-state index contributed by atoms with van der Waals surface area (Å²) in [6.45, 7) is 8.74. The lowest BCUT2D eigenvalue weighted by atomic mass is 9.57. The second kappa shape index (κ2) is 10.1. The van der Waals surface area contributed by atoms with E-state index in [9.17, 15) is 19.7 Å². The van der Waals surface area contributed by atoms with Crippen molar-refractivity contribution >= 4 is 25.0 Å². The summed E-state index contributed by atoms with van der Waals surface area (Å²) in [5.41, 5.74) is 4.22. The molecule has 2 amide bonds. The SMILES string of the molecule is CCCN1C(=O)[C@@H]2[C@@H](CC(C(C)C)=C3[C@@H](CC/C(C)=C/c4ccccc4O)OB(O)C[C@@H]32)C1=O. The summed E-state index contributed by atoms with van der Waals surface area (Å²) < 4.78 is 6.06. The molecular weight excluding hydrogens is 429 g/mol. The Morgan fingerprint density at radius 1 is 1.24 bits per heavy atom. The molecule has 7 heteroatoms. The Labute approximate surface area is 202 Å². The number of imide groups is 1. The number of fused-ring (bicyclic) bond motifs is 3. The second-order valence-electron chi connectivity index (χ2n) is 10.3. The molecule has 6 nitrogen and oxygen atoms in total. The first kappa shape index (κ1) is 24.7. The Morgan fingerprint density at radius 2 is 1.97 bits per heavy atom. The fourth-order valence-electron chi connectivity index (χ4n) is 6.06. The summed E-state index contributed by atoms with van der Waals surface area (Å²) in [7, 11) is -0.948. The van der Waals surface area contributed by atoms with Crippen LogP contribution in [0.5, 0.6) is 5.75 Å². The Balaban J connectivity index is 1.62. The fourth-order valence-corrected chi connectivity index (χ4v) is 6.06. The minimum absolute atomic E-state index is 0.0481. The maximum atomic E-state index is 13.3. The number of para-hydroxylation sites is 1. The Morgan fingerprint density at radius 3 is 2.65 bits per heavy atom. The summed E-state index contributed by atoms with van der Waals surface area (Å²) in [5, 5.41) is 20.7. The number of phenols is 1. The third-order valence-electron chi connectivity index (χ3n) is 7.62. The molecule has 4 rings (SSSR count). The molecule has 2 saturated heterocycles. The molecule has 0 radical (unpaired) electrons. The zero-order valence-electron chi connectivity index (χ0n) is 20.7. The molecule has 0 saturated carbocycles. The molecule has 0 spiro atoms. The summed E-state index contributed by atoms with van der Waals surface area (Å²) >= 11 is 0. The van der Waals surface area contributed by atoms with Gasteiger partial charge in [0.15, 0.2) is 0 Å². The number of phenolic OH excluding ortho intramolecular Hbond substituents is 1. The highest BCUT2D eigenvalue weighted by Crippen LogP contribution is 2.52. The van der Waals surface area contributed by atoms with Crippen LogP contribution in [0.1, 0.15) is 58.9 Å². The van der Waals surface area contributed by atoms with E-state index in [1.165, 1.54) is 10.5 Å². The molecule has 0 aromatic heterocycles. The number of hydrogen-bond donors (Lipinski definition) is 2. The van der Waals surface area contributed by atoms with E-state index in [2.05, 4.69) is 13.8 Å². The van der Waals surface area contributed by atoms with E-state index in [0.717, 1.165) is 29.6 Å². The van der Waals surface area contributed by atoms with Crippen molar-refractivity contribution in [2.24, 2.45) is 23.7 Å². The molecule has 1 aromatic carbocycles. The van der Waals surface area contributed by atoms with Crippen LogP contribution >= 0.6 is 0 Å². The third kappa shape index (κ3) is 4.60. The topological polar surface area (TPSA) is 87.1 Å². The predicted molar refractivity (Wildman–Crippen MR) is 133 cm³/mol. The van der Waals surface area contributed by atoms with Gasteiger partial charge < -0.3 is 14.8 Å². The molecule has 1 aromatic rings. The maximum absolute atomic E-state index is 13.3. The van der Waals surface area contributed by atoms with E-state index >= 15 is 0 Å². The molecule has 0 unspecified atom stereocenters. The lowest BCUT2D eigenvalue weighted by molar-refractivity contribution is -0.140. The average Bonchev–Trinajstić information content (AvgIpc) is 3.03. The van der Waals surface area contributed by atoms with Crippen molar-refractivity contribution in [3.63, 3.8) is 0 Å². The lowest BCUT2D eigenvalue weighted by Gasteiger charge is -2.44. The third-order valence-corrected chi connectivity index (χ3v) is 7.62. The van der Waals surface area contributed by atoms with E-state index in [-0.39, 0.29) is 41.4 Å². The van der Waals surface area contributed by atoms with Crippen molar-refractivity contribution in [1.82, 2.24) is 4.90 Å². The van der Waals surface area contributed by atoms with Gasteiger partial charge in [-0.3, -0.25) is 14.5 Å². The number of nitrogens with zero attached hydrogens (tertiary/aromatic N) is 1. The van der Waals surface area contributed by atoms with E-state index in [4.69, 9.17) is 4.65 Å². The maximum Gasteiger partial charge on any atom is 0.455 e. The van der Waals surface area contributed by atoms with Crippen molar-refractivity contribution in [2.45, 2.75) is 65.8 Å². The molecule has 2 heterocycles. The van der Waals surface area contributed by atoms with Crippen LogP contribution in [0.3, 0.4) is 0 Å². The van der Waals surface area contributed by atoms with Gasteiger partial charge in [0.25, 0.3) is 0 Å². The van der Waals surface area contributed by atoms with Gasteiger partial charge in [0.1, 0.15) is 5.75 Å². The van der Waals surface area contributed by atoms with Crippen LogP contribution in [0.4, 0.5) is 0 Å². The number of hydrogen-bond acceptors (Lipinski definition) is 5. The van der Waals surface area contributed by atoms with E-state index in [1.807, 2.05) is 32.1 Å². The molecule has 2 aliphatic heterocycles. The highest BCUT2D eigenvalue weighted by Gasteiger charge is 2.57. The monoisotopic (exact) mass is 465 g/mol. The van der Waals surface area contributed by atoms with E-state index in [1.54, 1.807) is 12.1 Å². The Bertz CT molecular complexity index is 1020. The first-order valence-corrected chi connectivity index (χ1v) is 12.6. The van der Waals surface area contributed by atoms with Crippen molar-refractivity contribution in [2.75, 3.05) is 6.54 Å². The number of carbonyl (C=O) groups is 2. The number of benzene rings is 1. The van der Waals surface area contributed by atoms with Gasteiger partial charge in [-0.2, -0.15) is 0 Å².